The van der Waals surface area contributed by atoms with E-state index < -0.39 is 0 Å². The number of rotatable bonds is 4. The summed E-state index contributed by atoms with van der Waals surface area (Å²) in [5.41, 5.74) is 7.83. The molecule has 2 aromatic rings. The maximum Gasteiger partial charge on any atom is -0.0106 e. The second-order valence-electron chi connectivity index (χ2n) is 7.48. The predicted octanol–water partition coefficient (Wildman–Crippen LogP) is 7.07. The van der Waals surface area contributed by atoms with Crippen molar-refractivity contribution in [3.05, 3.63) is 101 Å². The molecule has 128 valence electrons. The third kappa shape index (κ3) is 4.39. The maximum absolute atomic E-state index is 2.35. The average Bonchev–Trinajstić information content (AvgIpc) is 2.62. The topological polar surface area (TPSA) is 0 Å². The number of hydrogen-bond acceptors (Lipinski definition) is 0. The Morgan fingerprint density at radius 1 is 0.960 bits per heavy atom. The van der Waals surface area contributed by atoms with Crippen molar-refractivity contribution in [3.63, 3.8) is 0 Å². The maximum atomic E-state index is 2.35. The van der Waals surface area contributed by atoms with E-state index in [1.54, 1.807) is 0 Å². The van der Waals surface area contributed by atoms with Crippen molar-refractivity contribution in [1.82, 2.24) is 0 Å². The van der Waals surface area contributed by atoms with E-state index in [4.69, 9.17) is 0 Å². The van der Waals surface area contributed by atoms with Crippen LogP contribution in [0.3, 0.4) is 0 Å². The molecule has 3 rings (SSSR count). The number of benzene rings is 2. The third-order valence-corrected chi connectivity index (χ3v) is 4.90. The first kappa shape index (κ1) is 17.5. The molecule has 1 aliphatic rings. The lowest BCUT2D eigenvalue weighted by Gasteiger charge is -2.14. The fraction of sp³-hybridized carbons (Fsp3) is 0.280. The van der Waals surface area contributed by atoms with Gasteiger partial charge in [0.15, 0.2) is 0 Å². The molecule has 0 N–H and O–H groups in total. The number of hydrogen-bond donors (Lipinski definition) is 0. The van der Waals surface area contributed by atoms with E-state index >= 15 is 0 Å². The zero-order valence-corrected chi connectivity index (χ0v) is 15.8. The van der Waals surface area contributed by atoms with E-state index in [2.05, 4.69) is 101 Å². The molecular formula is C25H28. The second kappa shape index (κ2) is 7.70. The molecule has 0 radical (unpaired) electrons. The number of allylic oxidation sites excluding steroid dienone is 5. The van der Waals surface area contributed by atoms with Crippen LogP contribution < -0.4 is 0 Å². The molecule has 0 nitrogen and oxygen atoms in total. The van der Waals surface area contributed by atoms with Gasteiger partial charge in [-0.2, -0.15) is 0 Å². The molecule has 0 aromatic heterocycles. The van der Waals surface area contributed by atoms with Crippen LogP contribution in [0.5, 0.6) is 0 Å². The summed E-state index contributed by atoms with van der Waals surface area (Å²) in [5.74, 6) is 1.21. The zero-order valence-electron chi connectivity index (χ0n) is 15.8. The van der Waals surface area contributed by atoms with E-state index in [1.807, 2.05) is 0 Å². The Morgan fingerprint density at radius 3 is 2.08 bits per heavy atom. The summed E-state index contributed by atoms with van der Waals surface area (Å²) in [7, 11) is 0. The van der Waals surface area contributed by atoms with Crippen molar-refractivity contribution in [2.75, 3.05) is 0 Å². The summed E-state index contributed by atoms with van der Waals surface area (Å²) in [6.45, 7) is 8.88. The van der Waals surface area contributed by atoms with Gasteiger partial charge >= 0.3 is 0 Å². The highest BCUT2D eigenvalue weighted by molar-refractivity contribution is 5.82. The van der Waals surface area contributed by atoms with Gasteiger partial charge in [-0.25, -0.2) is 0 Å². The fourth-order valence-corrected chi connectivity index (χ4v) is 3.13. The minimum atomic E-state index is 0.561. The van der Waals surface area contributed by atoms with E-state index in [0.717, 1.165) is 6.42 Å². The van der Waals surface area contributed by atoms with Crippen LogP contribution in [-0.2, 0) is 0 Å². The van der Waals surface area contributed by atoms with Crippen LogP contribution in [0, 0.1) is 12.8 Å². The van der Waals surface area contributed by atoms with Crippen LogP contribution in [0.15, 0.2) is 78.4 Å². The Kier molecular flexibility index (Phi) is 5.38. The van der Waals surface area contributed by atoms with Gasteiger partial charge in [-0.1, -0.05) is 93.1 Å². The zero-order chi connectivity index (χ0) is 17.8. The molecule has 0 bridgehead atoms. The summed E-state index contributed by atoms with van der Waals surface area (Å²) in [4.78, 5) is 0. The molecule has 0 heterocycles. The fourth-order valence-electron chi connectivity index (χ4n) is 3.13. The molecule has 0 saturated heterocycles. The first-order chi connectivity index (χ1) is 12.0. The van der Waals surface area contributed by atoms with Gasteiger partial charge in [-0.15, -0.1) is 0 Å². The predicted molar refractivity (Wildman–Crippen MR) is 110 cm³/mol. The molecule has 1 atom stereocenters. The minimum Gasteiger partial charge on any atom is -0.0808 e. The summed E-state index contributed by atoms with van der Waals surface area (Å²) >= 11 is 0. The molecule has 25 heavy (non-hydrogen) atoms. The summed E-state index contributed by atoms with van der Waals surface area (Å²) < 4.78 is 0. The summed E-state index contributed by atoms with van der Waals surface area (Å²) in [6, 6.07) is 17.9. The molecule has 0 heteroatoms. The molecule has 0 fully saturated rings. The van der Waals surface area contributed by atoms with E-state index in [-0.39, 0.29) is 0 Å². The highest BCUT2D eigenvalue weighted by Crippen LogP contribution is 2.28. The van der Waals surface area contributed by atoms with Crippen molar-refractivity contribution in [3.8, 4) is 0 Å². The first-order valence-corrected chi connectivity index (χ1v) is 9.30. The normalized spacial score (nSPS) is 17.7. The Labute approximate surface area is 152 Å². The van der Waals surface area contributed by atoms with Gasteiger partial charge in [0.2, 0.25) is 0 Å². The van der Waals surface area contributed by atoms with Crippen molar-refractivity contribution in [2.45, 2.75) is 40.0 Å². The molecule has 0 spiro atoms. The van der Waals surface area contributed by atoms with Crippen molar-refractivity contribution in [2.24, 2.45) is 5.92 Å². The SMILES string of the molecule is Cc1ccc(/C(=C/C2=CCC(C)C=C2)c2ccc(C(C)C)cc2)cc1. The smallest absolute Gasteiger partial charge is 0.0106 e. The highest BCUT2D eigenvalue weighted by Gasteiger charge is 2.09. The molecule has 0 aliphatic heterocycles. The van der Waals surface area contributed by atoms with E-state index in [0.29, 0.717) is 11.8 Å². The lowest BCUT2D eigenvalue weighted by Crippen LogP contribution is -1.95. The summed E-state index contributed by atoms with van der Waals surface area (Å²) in [6.07, 6.45) is 10.4. The molecular weight excluding hydrogens is 300 g/mol. The molecule has 1 aliphatic carbocycles. The molecule has 2 aromatic carbocycles. The first-order valence-electron chi connectivity index (χ1n) is 9.30. The van der Waals surface area contributed by atoms with Crippen LogP contribution in [-0.4, -0.2) is 0 Å². The Balaban J connectivity index is 2.02. The van der Waals surface area contributed by atoms with Crippen LogP contribution in [0.4, 0.5) is 0 Å². The lowest BCUT2D eigenvalue weighted by molar-refractivity contribution is 0.733. The quantitative estimate of drug-likeness (QED) is 0.563. The van der Waals surface area contributed by atoms with E-state index in [1.165, 1.54) is 33.4 Å². The van der Waals surface area contributed by atoms with Crippen molar-refractivity contribution >= 4 is 5.57 Å². The lowest BCUT2D eigenvalue weighted by atomic mass is 9.91. The van der Waals surface area contributed by atoms with Gasteiger partial charge in [0.1, 0.15) is 0 Å². The summed E-state index contributed by atoms with van der Waals surface area (Å²) in [5, 5.41) is 0. The highest BCUT2D eigenvalue weighted by atomic mass is 14.1. The van der Waals surface area contributed by atoms with Crippen LogP contribution in [0.2, 0.25) is 0 Å². The van der Waals surface area contributed by atoms with Gasteiger partial charge < -0.3 is 0 Å². The number of aryl methyl sites for hydroxylation is 1. The van der Waals surface area contributed by atoms with Crippen LogP contribution in [0.25, 0.3) is 5.57 Å². The van der Waals surface area contributed by atoms with Crippen LogP contribution >= 0.6 is 0 Å². The van der Waals surface area contributed by atoms with E-state index in [9.17, 15) is 0 Å². The Bertz CT molecular complexity index is 796. The van der Waals surface area contributed by atoms with Gasteiger partial charge in [-0.3, -0.25) is 0 Å². The minimum absolute atomic E-state index is 0.561. The largest absolute Gasteiger partial charge is 0.0808 e. The average molecular weight is 328 g/mol. The van der Waals surface area contributed by atoms with Gasteiger partial charge in [-0.05, 0) is 59.1 Å². The molecule has 0 saturated carbocycles. The van der Waals surface area contributed by atoms with Crippen molar-refractivity contribution < 1.29 is 0 Å². The third-order valence-electron chi connectivity index (χ3n) is 4.90. The van der Waals surface area contributed by atoms with Gasteiger partial charge in [0.25, 0.3) is 0 Å². The standard InChI is InChI=1S/C25H28/c1-18(2)22-13-15-24(16-14-22)25(23-11-7-20(4)8-12-23)17-21-9-5-19(3)6-10-21/h5,7-19H,6H2,1-4H3/b25-17-. The monoisotopic (exact) mass is 328 g/mol. The van der Waals surface area contributed by atoms with Crippen molar-refractivity contribution in [1.29, 1.82) is 0 Å². The molecule has 0 amide bonds. The Morgan fingerprint density at radius 2 is 1.56 bits per heavy atom. The second-order valence-corrected chi connectivity index (χ2v) is 7.48. The molecule has 1 unspecified atom stereocenters. The van der Waals surface area contributed by atoms with Gasteiger partial charge in [0.05, 0.1) is 0 Å². The Hall–Kier alpha value is -2.34. The van der Waals surface area contributed by atoms with Crippen LogP contribution in [0.1, 0.15) is 55.4 Å². The van der Waals surface area contributed by atoms with Gasteiger partial charge in [0, 0.05) is 0 Å².